The fourth-order valence-corrected chi connectivity index (χ4v) is 1.44. The van der Waals surface area contributed by atoms with Crippen LogP contribution in [0, 0.1) is 0 Å². The maximum absolute atomic E-state index is 5.54. The van der Waals surface area contributed by atoms with E-state index in [1.807, 2.05) is 18.2 Å². The van der Waals surface area contributed by atoms with Crippen LogP contribution in [0.1, 0.15) is 5.56 Å². The lowest BCUT2D eigenvalue weighted by Crippen LogP contribution is -2.14. The van der Waals surface area contributed by atoms with Crippen LogP contribution >= 0.6 is 0 Å². The number of benzene rings is 1. The Morgan fingerprint density at radius 2 is 2.36 bits per heavy atom. The maximum Gasteiger partial charge on any atom is 0.130 e. The summed E-state index contributed by atoms with van der Waals surface area (Å²) >= 11 is 0. The summed E-state index contributed by atoms with van der Waals surface area (Å²) in [4.78, 5) is 0. The Hall–Kier alpha value is -1.48. The molecular formula is C11H13NO2. The molecular weight excluding hydrogens is 178 g/mol. The van der Waals surface area contributed by atoms with E-state index in [1.165, 1.54) is 0 Å². The van der Waals surface area contributed by atoms with Gasteiger partial charge in [0, 0.05) is 18.2 Å². The number of hydrogen-bond donors (Lipinski definition) is 1. The quantitative estimate of drug-likeness (QED) is 0.769. The third kappa shape index (κ3) is 1.59. The van der Waals surface area contributed by atoms with Crippen LogP contribution in [0.25, 0.3) is 6.08 Å². The van der Waals surface area contributed by atoms with Crippen LogP contribution in [0.2, 0.25) is 0 Å². The molecule has 0 atom stereocenters. The lowest BCUT2D eigenvalue weighted by atomic mass is 10.1. The van der Waals surface area contributed by atoms with E-state index >= 15 is 0 Å². The highest BCUT2D eigenvalue weighted by atomic mass is 16.5. The van der Waals surface area contributed by atoms with Crippen molar-refractivity contribution in [2.24, 2.45) is 5.73 Å². The molecule has 0 bridgehead atoms. The molecule has 0 aliphatic carbocycles. The third-order valence-corrected chi connectivity index (χ3v) is 2.26. The second-order valence-corrected chi connectivity index (χ2v) is 3.20. The van der Waals surface area contributed by atoms with Crippen LogP contribution in [0.15, 0.2) is 23.8 Å². The molecule has 3 heteroatoms. The predicted octanol–water partition coefficient (Wildman–Crippen LogP) is 1.43. The van der Waals surface area contributed by atoms with E-state index < -0.39 is 0 Å². The van der Waals surface area contributed by atoms with Crippen LogP contribution < -0.4 is 15.2 Å². The molecule has 0 fully saturated rings. The van der Waals surface area contributed by atoms with Crippen molar-refractivity contribution < 1.29 is 9.47 Å². The van der Waals surface area contributed by atoms with E-state index in [1.54, 1.807) is 7.11 Å². The zero-order valence-electron chi connectivity index (χ0n) is 8.12. The lowest BCUT2D eigenvalue weighted by Gasteiger charge is -2.17. The van der Waals surface area contributed by atoms with E-state index in [9.17, 15) is 0 Å². The second-order valence-electron chi connectivity index (χ2n) is 3.20. The van der Waals surface area contributed by atoms with Crippen molar-refractivity contribution in [1.82, 2.24) is 0 Å². The largest absolute Gasteiger partial charge is 0.497 e. The summed E-state index contributed by atoms with van der Waals surface area (Å²) in [5.74, 6) is 1.68. The summed E-state index contributed by atoms with van der Waals surface area (Å²) in [7, 11) is 1.64. The molecule has 14 heavy (non-hydrogen) atoms. The van der Waals surface area contributed by atoms with Crippen molar-refractivity contribution in [2.45, 2.75) is 0 Å². The minimum absolute atomic E-state index is 0.547. The summed E-state index contributed by atoms with van der Waals surface area (Å²) in [6.07, 6.45) is 2.07. The van der Waals surface area contributed by atoms with Crippen molar-refractivity contribution in [2.75, 3.05) is 20.3 Å². The van der Waals surface area contributed by atoms with Crippen LogP contribution in [0.3, 0.4) is 0 Å². The Balaban J connectivity index is 2.37. The van der Waals surface area contributed by atoms with E-state index in [4.69, 9.17) is 15.2 Å². The summed E-state index contributed by atoms with van der Waals surface area (Å²) in [5, 5.41) is 0. The number of methoxy groups -OCH3 is 1. The first-order valence-electron chi connectivity index (χ1n) is 4.54. The van der Waals surface area contributed by atoms with Crippen molar-refractivity contribution in [3.8, 4) is 11.5 Å². The predicted molar refractivity (Wildman–Crippen MR) is 55.5 cm³/mol. The smallest absolute Gasteiger partial charge is 0.130 e. The molecule has 74 valence electrons. The number of hydrogen-bond acceptors (Lipinski definition) is 3. The van der Waals surface area contributed by atoms with Gasteiger partial charge in [0.1, 0.15) is 18.1 Å². The highest BCUT2D eigenvalue weighted by Gasteiger charge is 2.10. The molecule has 2 N–H and O–H groups in total. The normalized spacial score (nSPS) is 14.0. The van der Waals surface area contributed by atoms with Crippen molar-refractivity contribution in [1.29, 1.82) is 0 Å². The summed E-state index contributed by atoms with van der Waals surface area (Å²) < 4.78 is 10.6. The average molecular weight is 191 g/mol. The molecule has 1 aromatic carbocycles. The Labute approximate surface area is 83.1 Å². The van der Waals surface area contributed by atoms with Gasteiger partial charge in [-0.15, -0.1) is 0 Å². The Bertz CT molecular complexity index is 372. The summed E-state index contributed by atoms with van der Waals surface area (Å²) in [6, 6.07) is 5.78. The van der Waals surface area contributed by atoms with E-state index in [0.29, 0.717) is 13.2 Å². The molecule has 1 aliphatic heterocycles. The van der Waals surface area contributed by atoms with Gasteiger partial charge in [-0.1, -0.05) is 0 Å². The van der Waals surface area contributed by atoms with Gasteiger partial charge in [-0.2, -0.15) is 0 Å². The topological polar surface area (TPSA) is 44.5 Å². The Morgan fingerprint density at radius 3 is 3.07 bits per heavy atom. The highest BCUT2D eigenvalue weighted by Crippen LogP contribution is 2.29. The van der Waals surface area contributed by atoms with Crippen LogP contribution in [0.5, 0.6) is 11.5 Å². The molecule has 1 aromatic rings. The summed E-state index contributed by atoms with van der Waals surface area (Å²) in [5.41, 5.74) is 7.72. The number of rotatable bonds is 2. The molecule has 0 radical (unpaired) electrons. The van der Waals surface area contributed by atoms with Crippen molar-refractivity contribution in [3.63, 3.8) is 0 Å². The van der Waals surface area contributed by atoms with Gasteiger partial charge in [-0.05, 0) is 23.8 Å². The zero-order chi connectivity index (χ0) is 9.97. The van der Waals surface area contributed by atoms with Crippen LogP contribution in [-0.2, 0) is 0 Å². The average Bonchev–Trinajstić information content (AvgIpc) is 2.27. The zero-order valence-corrected chi connectivity index (χ0v) is 8.12. The van der Waals surface area contributed by atoms with E-state index in [0.717, 1.165) is 22.6 Å². The van der Waals surface area contributed by atoms with Gasteiger partial charge in [-0.25, -0.2) is 0 Å². The van der Waals surface area contributed by atoms with Crippen molar-refractivity contribution in [3.05, 3.63) is 29.3 Å². The van der Waals surface area contributed by atoms with Gasteiger partial charge in [0.15, 0.2) is 0 Å². The second kappa shape index (κ2) is 3.72. The molecule has 0 unspecified atom stereocenters. The molecule has 1 aliphatic rings. The van der Waals surface area contributed by atoms with Crippen molar-refractivity contribution >= 4 is 6.08 Å². The molecule has 1 heterocycles. The van der Waals surface area contributed by atoms with Gasteiger partial charge in [0.2, 0.25) is 0 Å². The highest BCUT2D eigenvalue weighted by molar-refractivity contribution is 5.63. The van der Waals surface area contributed by atoms with Crippen LogP contribution in [0.4, 0.5) is 0 Å². The fourth-order valence-electron chi connectivity index (χ4n) is 1.44. The number of fused-ring (bicyclic) bond motifs is 1. The molecule has 2 rings (SSSR count). The lowest BCUT2D eigenvalue weighted by molar-refractivity contribution is 0.341. The van der Waals surface area contributed by atoms with Gasteiger partial charge >= 0.3 is 0 Å². The van der Waals surface area contributed by atoms with E-state index in [2.05, 4.69) is 6.08 Å². The van der Waals surface area contributed by atoms with E-state index in [-0.39, 0.29) is 0 Å². The molecule has 0 saturated carbocycles. The maximum atomic E-state index is 5.54. The molecule has 0 amide bonds. The molecule has 0 saturated heterocycles. The summed E-state index contributed by atoms with van der Waals surface area (Å²) in [6.45, 7) is 1.13. The minimum Gasteiger partial charge on any atom is -0.497 e. The van der Waals surface area contributed by atoms with Gasteiger partial charge < -0.3 is 15.2 Å². The Morgan fingerprint density at radius 1 is 1.50 bits per heavy atom. The van der Waals surface area contributed by atoms with Crippen LogP contribution in [-0.4, -0.2) is 20.3 Å². The minimum atomic E-state index is 0.547. The Kier molecular flexibility index (Phi) is 2.41. The molecule has 0 spiro atoms. The first-order valence-corrected chi connectivity index (χ1v) is 4.54. The number of nitrogens with two attached hydrogens (primary N) is 1. The fraction of sp³-hybridized carbons (Fsp3) is 0.273. The number of ether oxygens (including phenoxy) is 2. The first kappa shape index (κ1) is 9.09. The van der Waals surface area contributed by atoms with Gasteiger partial charge in [-0.3, -0.25) is 0 Å². The standard InChI is InChI=1S/C11H13NO2/c1-13-10-3-2-9-4-8(6-12)7-14-11(9)5-10/h2-5H,6-7,12H2,1H3. The third-order valence-electron chi connectivity index (χ3n) is 2.26. The SMILES string of the molecule is COc1ccc2c(c1)OCC(CN)=C2. The first-order chi connectivity index (χ1) is 6.83. The van der Waals surface area contributed by atoms with Gasteiger partial charge in [0.25, 0.3) is 0 Å². The molecule has 0 aromatic heterocycles. The monoisotopic (exact) mass is 191 g/mol. The molecule has 3 nitrogen and oxygen atoms in total. The van der Waals surface area contributed by atoms with Gasteiger partial charge in [0.05, 0.1) is 7.11 Å².